The molecule has 0 amide bonds. The van der Waals surface area contributed by atoms with E-state index in [0.717, 1.165) is 35.3 Å². The van der Waals surface area contributed by atoms with Crippen molar-refractivity contribution in [2.24, 2.45) is 0 Å². The van der Waals surface area contributed by atoms with Gasteiger partial charge in [-0.3, -0.25) is 9.36 Å². The summed E-state index contributed by atoms with van der Waals surface area (Å²) in [5.41, 5.74) is 4.62. The van der Waals surface area contributed by atoms with E-state index < -0.39 is 12.0 Å². The topological polar surface area (TPSA) is 61.2 Å². The Balaban J connectivity index is 1.82. The van der Waals surface area contributed by atoms with Crippen LogP contribution in [-0.4, -0.2) is 22.1 Å². The molecular formula is C23H26N2O3S. The number of nitrogens with zero attached hydrogens (tertiary/aromatic N) is 2. The molecule has 5 nitrogen and oxygen atoms in total. The number of thiophene rings is 1. The SMILES string of the molecule is CCCOC(=O)C(C)n1cnc2sc(C)c(-c3ccc4c(c3)CCCC4)c2c1=O. The quantitative estimate of drug-likeness (QED) is 0.566. The van der Waals surface area contributed by atoms with E-state index in [4.69, 9.17) is 4.74 Å². The molecule has 1 aromatic carbocycles. The van der Waals surface area contributed by atoms with Gasteiger partial charge in [-0.05, 0) is 62.6 Å². The van der Waals surface area contributed by atoms with E-state index in [1.165, 1.54) is 46.2 Å². The van der Waals surface area contributed by atoms with Crippen molar-refractivity contribution in [1.82, 2.24) is 9.55 Å². The van der Waals surface area contributed by atoms with Crippen LogP contribution in [0.2, 0.25) is 0 Å². The van der Waals surface area contributed by atoms with Crippen LogP contribution in [0.1, 0.15) is 55.2 Å². The first-order valence-electron chi connectivity index (χ1n) is 10.3. The average molecular weight is 411 g/mol. The van der Waals surface area contributed by atoms with Crippen molar-refractivity contribution >= 4 is 27.5 Å². The smallest absolute Gasteiger partial charge is 0.328 e. The number of rotatable bonds is 5. The number of hydrogen-bond acceptors (Lipinski definition) is 5. The molecule has 1 aliphatic carbocycles. The number of carbonyl (C=O) groups is 1. The number of esters is 1. The Morgan fingerprint density at radius 1 is 1.28 bits per heavy atom. The molecule has 0 fully saturated rings. The summed E-state index contributed by atoms with van der Waals surface area (Å²) in [5.74, 6) is -0.405. The van der Waals surface area contributed by atoms with Gasteiger partial charge in [-0.2, -0.15) is 0 Å². The molecule has 152 valence electrons. The fraction of sp³-hybridized carbons (Fsp3) is 0.435. The second-order valence-corrected chi connectivity index (χ2v) is 8.91. The van der Waals surface area contributed by atoms with Gasteiger partial charge in [0.15, 0.2) is 0 Å². The van der Waals surface area contributed by atoms with Crippen molar-refractivity contribution < 1.29 is 9.53 Å². The fourth-order valence-corrected chi connectivity index (χ4v) is 5.07. The zero-order valence-electron chi connectivity index (χ0n) is 17.2. The first-order chi connectivity index (χ1) is 14.0. The van der Waals surface area contributed by atoms with Crippen LogP contribution in [0.4, 0.5) is 0 Å². The third-order valence-corrected chi connectivity index (χ3v) is 6.67. The van der Waals surface area contributed by atoms with Crippen LogP contribution in [0.3, 0.4) is 0 Å². The number of carbonyl (C=O) groups excluding carboxylic acids is 1. The largest absolute Gasteiger partial charge is 0.464 e. The molecule has 1 unspecified atom stereocenters. The van der Waals surface area contributed by atoms with Crippen LogP contribution in [0.15, 0.2) is 29.3 Å². The molecule has 29 heavy (non-hydrogen) atoms. The van der Waals surface area contributed by atoms with Crippen LogP contribution in [0.25, 0.3) is 21.3 Å². The molecule has 0 aliphatic heterocycles. The van der Waals surface area contributed by atoms with E-state index in [0.29, 0.717) is 16.8 Å². The average Bonchev–Trinajstić information content (AvgIpc) is 3.08. The first kappa shape index (κ1) is 19.8. The maximum Gasteiger partial charge on any atom is 0.328 e. The lowest BCUT2D eigenvalue weighted by Crippen LogP contribution is -2.29. The van der Waals surface area contributed by atoms with Crippen molar-refractivity contribution in [2.75, 3.05) is 6.61 Å². The predicted octanol–water partition coefficient (Wildman–Crippen LogP) is 4.83. The lowest BCUT2D eigenvalue weighted by atomic mass is 9.89. The summed E-state index contributed by atoms with van der Waals surface area (Å²) in [6, 6.07) is 5.85. The van der Waals surface area contributed by atoms with E-state index in [-0.39, 0.29) is 5.56 Å². The van der Waals surface area contributed by atoms with E-state index in [9.17, 15) is 9.59 Å². The molecule has 0 radical (unpaired) electrons. The lowest BCUT2D eigenvalue weighted by Gasteiger charge is -2.17. The predicted molar refractivity (Wildman–Crippen MR) is 117 cm³/mol. The second kappa shape index (κ2) is 8.11. The third-order valence-electron chi connectivity index (χ3n) is 5.66. The Kier molecular flexibility index (Phi) is 5.54. The number of aryl methyl sites for hydroxylation is 3. The van der Waals surface area contributed by atoms with Crippen molar-refractivity contribution in [1.29, 1.82) is 0 Å². The number of ether oxygens (including phenoxy) is 1. The maximum atomic E-state index is 13.4. The number of benzene rings is 1. The van der Waals surface area contributed by atoms with Gasteiger partial charge in [0.05, 0.1) is 18.3 Å². The molecule has 2 heterocycles. The van der Waals surface area contributed by atoms with E-state index in [1.54, 1.807) is 6.92 Å². The third kappa shape index (κ3) is 3.62. The zero-order chi connectivity index (χ0) is 20.5. The molecule has 0 N–H and O–H groups in total. The Bertz CT molecular complexity index is 1130. The first-order valence-corrected chi connectivity index (χ1v) is 11.1. The summed E-state index contributed by atoms with van der Waals surface area (Å²) >= 11 is 1.53. The van der Waals surface area contributed by atoms with Gasteiger partial charge < -0.3 is 4.74 Å². The summed E-state index contributed by atoms with van der Waals surface area (Å²) < 4.78 is 6.63. The molecule has 4 rings (SSSR count). The minimum Gasteiger partial charge on any atom is -0.464 e. The molecule has 2 aromatic heterocycles. The maximum absolute atomic E-state index is 13.4. The highest BCUT2D eigenvalue weighted by Crippen LogP contribution is 2.37. The van der Waals surface area contributed by atoms with E-state index in [2.05, 4.69) is 23.2 Å². The highest BCUT2D eigenvalue weighted by Gasteiger charge is 2.23. The molecular weight excluding hydrogens is 384 g/mol. The number of aromatic nitrogens is 2. The fourth-order valence-electron chi connectivity index (χ4n) is 4.06. The van der Waals surface area contributed by atoms with Gasteiger partial charge in [0.25, 0.3) is 5.56 Å². The number of fused-ring (bicyclic) bond motifs is 2. The van der Waals surface area contributed by atoms with E-state index in [1.807, 2.05) is 13.8 Å². The molecule has 0 saturated heterocycles. The van der Waals surface area contributed by atoms with Crippen LogP contribution in [0.5, 0.6) is 0 Å². The molecule has 0 saturated carbocycles. The summed E-state index contributed by atoms with van der Waals surface area (Å²) in [6.45, 7) is 6.01. The van der Waals surface area contributed by atoms with Gasteiger partial charge in [-0.15, -0.1) is 11.3 Å². The van der Waals surface area contributed by atoms with Crippen LogP contribution < -0.4 is 5.56 Å². The Morgan fingerprint density at radius 2 is 2.03 bits per heavy atom. The van der Waals surface area contributed by atoms with Crippen molar-refractivity contribution in [3.63, 3.8) is 0 Å². The summed E-state index contributed by atoms with van der Waals surface area (Å²) in [5, 5.41) is 0.598. The Morgan fingerprint density at radius 3 is 2.79 bits per heavy atom. The van der Waals surface area contributed by atoms with Crippen LogP contribution >= 0.6 is 11.3 Å². The number of hydrogen-bond donors (Lipinski definition) is 0. The van der Waals surface area contributed by atoms with Gasteiger partial charge in [0, 0.05) is 10.4 Å². The summed E-state index contributed by atoms with van der Waals surface area (Å²) in [4.78, 5) is 31.9. The van der Waals surface area contributed by atoms with Crippen molar-refractivity contribution in [3.05, 3.63) is 50.9 Å². The monoisotopic (exact) mass is 410 g/mol. The molecule has 0 bridgehead atoms. The molecule has 1 aliphatic rings. The Hall–Kier alpha value is -2.47. The zero-order valence-corrected chi connectivity index (χ0v) is 18.0. The van der Waals surface area contributed by atoms with Gasteiger partial charge in [-0.1, -0.05) is 25.1 Å². The van der Waals surface area contributed by atoms with Crippen molar-refractivity contribution in [3.8, 4) is 11.1 Å². The van der Waals surface area contributed by atoms with E-state index >= 15 is 0 Å². The standard InChI is InChI=1S/C23H26N2O3S/c1-4-11-28-23(27)14(2)25-13-24-21-20(22(25)26)19(15(3)29-21)18-10-9-16-7-5-6-8-17(16)12-18/h9-10,12-14H,4-8,11H2,1-3H3. The molecule has 1 atom stereocenters. The van der Waals surface area contributed by atoms with Crippen LogP contribution in [-0.2, 0) is 22.4 Å². The summed E-state index contributed by atoms with van der Waals surface area (Å²) in [6.07, 6.45) is 6.89. The normalized spacial score (nSPS) is 14.6. The van der Waals surface area contributed by atoms with Crippen LogP contribution in [0, 0.1) is 6.92 Å². The minimum atomic E-state index is -0.706. The van der Waals surface area contributed by atoms with Gasteiger partial charge in [0.2, 0.25) is 0 Å². The van der Waals surface area contributed by atoms with Gasteiger partial charge in [-0.25, -0.2) is 9.78 Å². The highest BCUT2D eigenvalue weighted by molar-refractivity contribution is 7.19. The Labute approximate surface area is 174 Å². The highest BCUT2D eigenvalue weighted by atomic mass is 32.1. The molecule has 3 aromatic rings. The molecule has 0 spiro atoms. The lowest BCUT2D eigenvalue weighted by molar-refractivity contribution is -0.147. The van der Waals surface area contributed by atoms with Gasteiger partial charge >= 0.3 is 5.97 Å². The summed E-state index contributed by atoms with van der Waals surface area (Å²) in [7, 11) is 0. The van der Waals surface area contributed by atoms with Gasteiger partial charge in [0.1, 0.15) is 10.9 Å². The minimum absolute atomic E-state index is 0.187. The second-order valence-electron chi connectivity index (χ2n) is 7.70. The molecule has 6 heteroatoms. The van der Waals surface area contributed by atoms with Crippen molar-refractivity contribution in [2.45, 2.75) is 58.9 Å².